The number of hydrogen-bond acceptors (Lipinski definition) is 3. The normalized spacial score (nSPS) is 11.1. The van der Waals surface area contributed by atoms with Gasteiger partial charge in [-0.2, -0.15) is 0 Å². The molecule has 5 heteroatoms. The summed E-state index contributed by atoms with van der Waals surface area (Å²) in [5, 5.41) is 1.02. The smallest absolute Gasteiger partial charge is 0.346 e. The number of halogens is 1. The van der Waals surface area contributed by atoms with Gasteiger partial charge in [-0.25, -0.2) is 9.18 Å². The van der Waals surface area contributed by atoms with Gasteiger partial charge in [0.05, 0.1) is 20.7 Å². The maximum absolute atomic E-state index is 13.8. The van der Waals surface area contributed by atoms with Crippen molar-refractivity contribution in [3.05, 3.63) is 53.8 Å². The molecule has 3 nitrogen and oxygen atoms in total. The van der Waals surface area contributed by atoms with E-state index in [1.807, 2.05) is 12.1 Å². The van der Waals surface area contributed by atoms with Crippen LogP contribution in [-0.2, 0) is 0 Å². The number of methoxy groups -OCH3 is 1. The second-order valence-corrected chi connectivity index (χ2v) is 11.0. The van der Waals surface area contributed by atoms with E-state index in [1.165, 1.54) is 25.3 Å². The monoisotopic (exact) mass is 318 g/mol. The number of carbonyl (C=O) groups is 1. The van der Waals surface area contributed by atoms with Crippen LogP contribution in [0.15, 0.2) is 42.5 Å². The first-order valence-electron chi connectivity index (χ1n) is 6.98. The quantitative estimate of drug-likeness (QED) is 0.491. The minimum absolute atomic E-state index is 0.135. The molecule has 0 unspecified atom stereocenters. The van der Waals surface area contributed by atoms with E-state index in [2.05, 4.69) is 19.6 Å². The van der Waals surface area contributed by atoms with Gasteiger partial charge in [-0.05, 0) is 29.5 Å². The molecule has 0 heterocycles. The summed E-state index contributed by atoms with van der Waals surface area (Å²) >= 11 is 0. The van der Waals surface area contributed by atoms with E-state index in [1.54, 1.807) is 12.1 Å². The summed E-state index contributed by atoms with van der Waals surface area (Å²) in [6, 6.07) is 11.4. The zero-order valence-electron chi connectivity index (χ0n) is 13.1. The van der Waals surface area contributed by atoms with Gasteiger partial charge in [0.15, 0.2) is 0 Å². The van der Waals surface area contributed by atoms with E-state index >= 15 is 0 Å². The number of carbonyl (C=O) groups excluding carboxylic acids is 1. The van der Waals surface area contributed by atoms with Gasteiger partial charge in [0.1, 0.15) is 17.3 Å². The van der Waals surface area contributed by atoms with Crippen LogP contribution in [0.4, 0.5) is 4.39 Å². The number of para-hydroxylation sites is 1. The summed E-state index contributed by atoms with van der Waals surface area (Å²) in [4.78, 5) is 12.3. The van der Waals surface area contributed by atoms with Crippen LogP contribution in [0.2, 0.25) is 19.6 Å². The van der Waals surface area contributed by atoms with Crippen LogP contribution in [0.25, 0.3) is 0 Å². The summed E-state index contributed by atoms with van der Waals surface area (Å²) in [6.07, 6.45) is 0. The molecule has 0 radical (unpaired) electrons. The fraction of sp³-hybridized carbons (Fsp3) is 0.235. The maximum Gasteiger partial charge on any atom is 0.346 e. The Morgan fingerprint density at radius 3 is 2.41 bits per heavy atom. The molecule has 0 bridgehead atoms. The summed E-state index contributed by atoms with van der Waals surface area (Å²) < 4.78 is 24.3. The number of esters is 1. The van der Waals surface area contributed by atoms with Crippen molar-refractivity contribution in [3.8, 4) is 11.5 Å². The molecular weight excluding hydrogens is 299 g/mol. The highest BCUT2D eigenvalue weighted by Gasteiger charge is 2.23. The Balaban J connectivity index is 2.34. The lowest BCUT2D eigenvalue weighted by atomic mass is 10.2. The van der Waals surface area contributed by atoms with E-state index in [0.717, 1.165) is 5.19 Å². The van der Waals surface area contributed by atoms with Gasteiger partial charge in [0.25, 0.3) is 0 Å². The summed E-state index contributed by atoms with van der Waals surface area (Å²) in [5.41, 5.74) is -0.135. The Bertz CT molecular complexity index is 693. The van der Waals surface area contributed by atoms with Crippen molar-refractivity contribution in [1.82, 2.24) is 0 Å². The molecule has 0 aliphatic rings. The first-order valence-corrected chi connectivity index (χ1v) is 10.5. The SMILES string of the molecule is COc1ccc(F)c(C(=O)Oc2ccccc2[Si](C)(C)C)c1. The van der Waals surface area contributed by atoms with Crippen LogP contribution in [0, 0.1) is 5.82 Å². The Morgan fingerprint density at radius 1 is 1.09 bits per heavy atom. The van der Waals surface area contributed by atoms with Gasteiger partial charge >= 0.3 is 5.97 Å². The molecule has 22 heavy (non-hydrogen) atoms. The van der Waals surface area contributed by atoms with E-state index in [0.29, 0.717) is 11.5 Å². The Morgan fingerprint density at radius 2 is 1.77 bits per heavy atom. The van der Waals surface area contributed by atoms with Gasteiger partial charge in [0.2, 0.25) is 0 Å². The predicted octanol–water partition coefficient (Wildman–Crippen LogP) is 3.60. The van der Waals surface area contributed by atoms with Gasteiger partial charge in [0, 0.05) is 0 Å². The third-order valence-electron chi connectivity index (χ3n) is 3.29. The van der Waals surface area contributed by atoms with Crippen LogP contribution in [0.5, 0.6) is 11.5 Å². The molecule has 0 saturated heterocycles. The first kappa shape index (κ1) is 16.2. The molecule has 0 spiro atoms. The van der Waals surface area contributed by atoms with Crippen molar-refractivity contribution in [3.63, 3.8) is 0 Å². The maximum atomic E-state index is 13.8. The van der Waals surface area contributed by atoms with Gasteiger partial charge in [-0.1, -0.05) is 37.8 Å². The number of ether oxygens (including phenoxy) is 2. The second-order valence-electron chi connectivity index (χ2n) is 5.98. The van der Waals surface area contributed by atoms with Crippen molar-refractivity contribution in [2.75, 3.05) is 7.11 Å². The molecule has 2 rings (SSSR count). The van der Waals surface area contributed by atoms with Crippen molar-refractivity contribution in [2.24, 2.45) is 0 Å². The summed E-state index contributed by atoms with van der Waals surface area (Å²) in [6.45, 7) is 6.48. The van der Waals surface area contributed by atoms with Gasteiger partial charge < -0.3 is 9.47 Å². The first-order chi connectivity index (χ1) is 10.3. The Hall–Kier alpha value is -2.14. The minimum Gasteiger partial charge on any atom is -0.497 e. The summed E-state index contributed by atoms with van der Waals surface area (Å²) in [7, 11) is -0.212. The molecule has 116 valence electrons. The molecule has 2 aromatic rings. The predicted molar refractivity (Wildman–Crippen MR) is 87.3 cm³/mol. The fourth-order valence-electron chi connectivity index (χ4n) is 2.12. The van der Waals surface area contributed by atoms with Gasteiger partial charge in [-0.15, -0.1) is 0 Å². The third kappa shape index (κ3) is 3.54. The Kier molecular flexibility index (Phi) is 4.66. The van der Waals surface area contributed by atoms with Crippen LogP contribution in [-0.4, -0.2) is 21.2 Å². The molecule has 0 aromatic heterocycles. The molecule has 0 saturated carbocycles. The second kappa shape index (κ2) is 6.32. The average molecular weight is 318 g/mol. The van der Waals surface area contributed by atoms with Gasteiger partial charge in [-0.3, -0.25) is 0 Å². The Labute approximate surface area is 130 Å². The zero-order chi connectivity index (χ0) is 16.3. The van der Waals surface area contributed by atoms with E-state index in [-0.39, 0.29) is 5.56 Å². The lowest BCUT2D eigenvalue weighted by molar-refractivity contribution is 0.0731. The molecule has 0 N–H and O–H groups in total. The van der Waals surface area contributed by atoms with E-state index in [9.17, 15) is 9.18 Å². The zero-order valence-corrected chi connectivity index (χ0v) is 14.1. The van der Waals surface area contributed by atoms with Crippen LogP contribution < -0.4 is 14.7 Å². The minimum atomic E-state index is -1.67. The molecule has 0 fully saturated rings. The molecule has 2 aromatic carbocycles. The van der Waals surface area contributed by atoms with Crippen LogP contribution in [0.3, 0.4) is 0 Å². The number of hydrogen-bond donors (Lipinski definition) is 0. The van der Waals surface area contributed by atoms with Crippen LogP contribution in [0.1, 0.15) is 10.4 Å². The molecular formula is C17H19FO3Si. The average Bonchev–Trinajstić information content (AvgIpc) is 2.47. The highest BCUT2D eigenvalue weighted by molar-refractivity contribution is 6.89. The molecule has 0 aliphatic heterocycles. The highest BCUT2D eigenvalue weighted by Crippen LogP contribution is 2.20. The van der Waals surface area contributed by atoms with Crippen molar-refractivity contribution in [1.29, 1.82) is 0 Å². The van der Waals surface area contributed by atoms with Crippen molar-refractivity contribution < 1.29 is 18.7 Å². The highest BCUT2D eigenvalue weighted by atomic mass is 28.3. The molecule has 0 amide bonds. The third-order valence-corrected chi connectivity index (χ3v) is 5.32. The standard InChI is InChI=1S/C17H19FO3Si/c1-20-12-9-10-14(18)13(11-12)17(19)21-15-7-5-6-8-16(15)22(2,3)4/h5-11H,1-4H3. The molecule has 0 aliphatic carbocycles. The van der Waals surface area contributed by atoms with Crippen molar-refractivity contribution >= 4 is 19.2 Å². The molecule has 0 atom stereocenters. The van der Waals surface area contributed by atoms with E-state index < -0.39 is 19.9 Å². The van der Waals surface area contributed by atoms with E-state index in [4.69, 9.17) is 9.47 Å². The summed E-state index contributed by atoms with van der Waals surface area (Å²) in [5.74, 6) is -0.445. The van der Waals surface area contributed by atoms with Crippen LogP contribution >= 0.6 is 0 Å². The number of benzene rings is 2. The fourth-order valence-corrected chi connectivity index (χ4v) is 3.59. The lowest BCUT2D eigenvalue weighted by Crippen LogP contribution is -2.39. The largest absolute Gasteiger partial charge is 0.497 e. The van der Waals surface area contributed by atoms with Crippen molar-refractivity contribution in [2.45, 2.75) is 19.6 Å². The number of rotatable bonds is 4. The topological polar surface area (TPSA) is 35.5 Å². The lowest BCUT2D eigenvalue weighted by Gasteiger charge is -2.20.